The molecule has 0 radical (unpaired) electrons. The zero-order chi connectivity index (χ0) is 17.2. The number of anilines is 1. The SMILES string of the molecule is O=C(Nc1cnccn1)[C@H]1C[C@H]2OCC[C@H]2N(C(=O)N2CCCC2)C1. The molecule has 1 aromatic rings. The molecule has 0 saturated carbocycles. The molecule has 8 nitrogen and oxygen atoms in total. The smallest absolute Gasteiger partial charge is 0.320 e. The minimum Gasteiger partial charge on any atom is -0.376 e. The van der Waals surface area contributed by atoms with Gasteiger partial charge in [0.25, 0.3) is 0 Å². The van der Waals surface area contributed by atoms with Crippen LogP contribution in [0.25, 0.3) is 0 Å². The second-order valence-corrected chi connectivity index (χ2v) is 6.91. The monoisotopic (exact) mass is 345 g/mol. The number of piperidine rings is 1. The second-order valence-electron chi connectivity index (χ2n) is 6.91. The third-order valence-corrected chi connectivity index (χ3v) is 5.32. The number of nitrogens with one attached hydrogen (secondary N) is 1. The molecule has 3 atom stereocenters. The molecule has 4 heterocycles. The van der Waals surface area contributed by atoms with Crippen molar-refractivity contribution in [2.75, 3.05) is 31.6 Å². The Labute approximate surface area is 146 Å². The molecule has 3 aliphatic rings. The molecule has 3 saturated heterocycles. The quantitative estimate of drug-likeness (QED) is 0.867. The Morgan fingerprint density at radius 1 is 1.24 bits per heavy atom. The van der Waals surface area contributed by atoms with Crippen LogP contribution in [0.3, 0.4) is 0 Å². The van der Waals surface area contributed by atoms with E-state index in [0.29, 0.717) is 25.4 Å². The first-order chi connectivity index (χ1) is 12.2. The first kappa shape index (κ1) is 16.3. The molecule has 3 amide bonds. The standard InChI is InChI=1S/C17H23N5O3/c23-16(20-15-10-18-4-5-19-15)12-9-14-13(3-8-25-14)22(11-12)17(24)21-6-1-2-7-21/h4-5,10,12-14H,1-3,6-9,11H2,(H,19,20,23)/t12-,13+,14+/m0/s1. The summed E-state index contributed by atoms with van der Waals surface area (Å²) in [6.07, 6.45) is 8.16. The Morgan fingerprint density at radius 3 is 2.84 bits per heavy atom. The molecule has 0 aliphatic carbocycles. The molecule has 0 bridgehead atoms. The Bertz CT molecular complexity index is 634. The van der Waals surface area contributed by atoms with E-state index in [0.717, 1.165) is 32.4 Å². The van der Waals surface area contributed by atoms with Gasteiger partial charge in [0.2, 0.25) is 5.91 Å². The van der Waals surface area contributed by atoms with Gasteiger partial charge >= 0.3 is 6.03 Å². The van der Waals surface area contributed by atoms with Gasteiger partial charge in [-0.1, -0.05) is 0 Å². The number of carbonyl (C=O) groups is 2. The van der Waals surface area contributed by atoms with Crippen LogP contribution in [0.2, 0.25) is 0 Å². The van der Waals surface area contributed by atoms with Gasteiger partial charge in [0, 0.05) is 38.6 Å². The van der Waals surface area contributed by atoms with Crippen LogP contribution in [-0.4, -0.2) is 70.1 Å². The van der Waals surface area contributed by atoms with Gasteiger partial charge in [0.1, 0.15) is 0 Å². The van der Waals surface area contributed by atoms with E-state index in [1.807, 2.05) is 9.80 Å². The van der Waals surface area contributed by atoms with E-state index in [1.54, 1.807) is 6.20 Å². The highest BCUT2D eigenvalue weighted by molar-refractivity contribution is 5.92. The number of ether oxygens (including phenoxy) is 1. The van der Waals surface area contributed by atoms with Crippen LogP contribution in [-0.2, 0) is 9.53 Å². The number of hydrogen-bond donors (Lipinski definition) is 1. The highest BCUT2D eigenvalue weighted by Crippen LogP contribution is 2.33. The van der Waals surface area contributed by atoms with Crippen LogP contribution in [0.4, 0.5) is 10.6 Å². The number of urea groups is 1. The number of likely N-dealkylation sites (tertiary alicyclic amines) is 2. The van der Waals surface area contributed by atoms with E-state index < -0.39 is 0 Å². The largest absolute Gasteiger partial charge is 0.376 e. The number of hydrogen-bond acceptors (Lipinski definition) is 5. The summed E-state index contributed by atoms with van der Waals surface area (Å²) in [5, 5.41) is 2.80. The van der Waals surface area contributed by atoms with Crippen molar-refractivity contribution in [3.05, 3.63) is 18.6 Å². The highest BCUT2D eigenvalue weighted by Gasteiger charge is 2.45. The van der Waals surface area contributed by atoms with E-state index in [4.69, 9.17) is 4.74 Å². The molecule has 0 unspecified atom stereocenters. The van der Waals surface area contributed by atoms with Crippen molar-refractivity contribution in [1.82, 2.24) is 19.8 Å². The lowest BCUT2D eigenvalue weighted by atomic mass is 9.89. The Hall–Kier alpha value is -2.22. The average molecular weight is 345 g/mol. The molecular formula is C17H23N5O3. The molecule has 8 heteroatoms. The molecule has 4 rings (SSSR count). The predicted octanol–water partition coefficient (Wildman–Crippen LogP) is 1.11. The van der Waals surface area contributed by atoms with E-state index >= 15 is 0 Å². The maximum Gasteiger partial charge on any atom is 0.320 e. The number of rotatable bonds is 2. The molecule has 134 valence electrons. The fourth-order valence-corrected chi connectivity index (χ4v) is 4.04. The molecule has 3 fully saturated rings. The summed E-state index contributed by atoms with van der Waals surface area (Å²) in [5.41, 5.74) is 0. The molecular weight excluding hydrogens is 322 g/mol. The minimum absolute atomic E-state index is 0.0509. The third kappa shape index (κ3) is 3.30. The summed E-state index contributed by atoms with van der Waals surface area (Å²) in [6.45, 7) is 2.71. The average Bonchev–Trinajstić information content (AvgIpc) is 3.32. The molecule has 25 heavy (non-hydrogen) atoms. The normalized spacial score (nSPS) is 28.7. The summed E-state index contributed by atoms with van der Waals surface area (Å²) >= 11 is 0. The Kier molecular flexibility index (Phi) is 4.52. The summed E-state index contributed by atoms with van der Waals surface area (Å²) < 4.78 is 5.81. The molecule has 0 spiro atoms. The Balaban J connectivity index is 1.47. The first-order valence-electron chi connectivity index (χ1n) is 8.96. The van der Waals surface area contributed by atoms with Gasteiger partial charge in [0.05, 0.1) is 24.3 Å². The van der Waals surface area contributed by atoms with Crippen molar-refractivity contribution in [2.45, 2.75) is 37.8 Å². The Morgan fingerprint density at radius 2 is 2.08 bits per heavy atom. The molecule has 1 aromatic heterocycles. The van der Waals surface area contributed by atoms with Crippen molar-refractivity contribution < 1.29 is 14.3 Å². The maximum atomic E-state index is 12.9. The van der Waals surface area contributed by atoms with E-state index in [1.165, 1.54) is 12.4 Å². The fourth-order valence-electron chi connectivity index (χ4n) is 4.04. The lowest BCUT2D eigenvalue weighted by Gasteiger charge is -2.41. The lowest BCUT2D eigenvalue weighted by Crippen LogP contribution is -2.57. The van der Waals surface area contributed by atoms with Crippen LogP contribution in [0.15, 0.2) is 18.6 Å². The van der Waals surface area contributed by atoms with Crippen LogP contribution in [0, 0.1) is 5.92 Å². The van der Waals surface area contributed by atoms with Gasteiger partial charge in [-0.2, -0.15) is 0 Å². The van der Waals surface area contributed by atoms with Gasteiger partial charge in [-0.25, -0.2) is 9.78 Å². The maximum absolute atomic E-state index is 12.9. The summed E-state index contributed by atoms with van der Waals surface area (Å²) in [7, 11) is 0. The zero-order valence-corrected chi connectivity index (χ0v) is 14.1. The fraction of sp³-hybridized carbons (Fsp3) is 0.647. The summed E-state index contributed by atoms with van der Waals surface area (Å²) in [6, 6.07) is 0.142. The zero-order valence-electron chi connectivity index (χ0n) is 14.1. The number of aromatic nitrogens is 2. The van der Waals surface area contributed by atoms with Gasteiger partial charge in [-0.15, -0.1) is 0 Å². The topological polar surface area (TPSA) is 87.7 Å². The highest BCUT2D eigenvalue weighted by atomic mass is 16.5. The summed E-state index contributed by atoms with van der Waals surface area (Å²) in [4.78, 5) is 37.4. The van der Waals surface area contributed by atoms with Crippen LogP contribution in [0.1, 0.15) is 25.7 Å². The van der Waals surface area contributed by atoms with Crippen molar-refractivity contribution in [2.24, 2.45) is 5.92 Å². The summed E-state index contributed by atoms with van der Waals surface area (Å²) in [5.74, 6) is 0.000893. The minimum atomic E-state index is -0.298. The van der Waals surface area contributed by atoms with Crippen molar-refractivity contribution in [1.29, 1.82) is 0 Å². The van der Waals surface area contributed by atoms with Gasteiger partial charge in [-0.05, 0) is 25.7 Å². The van der Waals surface area contributed by atoms with Crippen LogP contribution < -0.4 is 5.32 Å². The second kappa shape index (κ2) is 6.95. The number of amides is 3. The van der Waals surface area contributed by atoms with E-state index in [9.17, 15) is 9.59 Å². The lowest BCUT2D eigenvalue weighted by molar-refractivity contribution is -0.123. The van der Waals surface area contributed by atoms with Gasteiger partial charge < -0.3 is 19.9 Å². The van der Waals surface area contributed by atoms with E-state index in [2.05, 4.69) is 15.3 Å². The number of carbonyl (C=O) groups excluding carboxylic acids is 2. The molecule has 1 N–H and O–H groups in total. The van der Waals surface area contributed by atoms with E-state index in [-0.39, 0.29) is 30.0 Å². The molecule has 3 aliphatic heterocycles. The molecule has 0 aromatic carbocycles. The first-order valence-corrected chi connectivity index (χ1v) is 8.96. The van der Waals surface area contributed by atoms with Gasteiger partial charge in [-0.3, -0.25) is 9.78 Å². The van der Waals surface area contributed by atoms with Gasteiger partial charge in [0.15, 0.2) is 5.82 Å². The van der Waals surface area contributed by atoms with Crippen LogP contribution >= 0.6 is 0 Å². The number of nitrogens with zero attached hydrogens (tertiary/aromatic N) is 4. The van der Waals surface area contributed by atoms with Crippen molar-refractivity contribution >= 4 is 17.8 Å². The number of fused-ring (bicyclic) bond motifs is 1. The van der Waals surface area contributed by atoms with Crippen molar-refractivity contribution in [3.63, 3.8) is 0 Å². The predicted molar refractivity (Wildman–Crippen MR) is 89.8 cm³/mol. The van der Waals surface area contributed by atoms with Crippen molar-refractivity contribution in [3.8, 4) is 0 Å². The van der Waals surface area contributed by atoms with Crippen LogP contribution in [0.5, 0.6) is 0 Å². The third-order valence-electron chi connectivity index (χ3n) is 5.32.